The predicted molar refractivity (Wildman–Crippen MR) is 117 cm³/mol. The molecule has 1 heterocycles. The van der Waals surface area contributed by atoms with Crippen molar-refractivity contribution in [1.29, 1.82) is 0 Å². The van der Waals surface area contributed by atoms with Gasteiger partial charge in [-0.15, -0.1) is 0 Å². The molecule has 3 aromatic carbocycles. The molecule has 0 saturated carbocycles. The van der Waals surface area contributed by atoms with Crippen LogP contribution in [0.1, 0.15) is 5.56 Å². The monoisotopic (exact) mass is 402 g/mol. The average Bonchev–Trinajstić information content (AvgIpc) is 2.77. The maximum atomic E-state index is 12.3. The first-order valence-electron chi connectivity index (χ1n) is 9.70. The summed E-state index contributed by atoms with van der Waals surface area (Å²) in [5, 5.41) is 5.89. The first-order valence-corrected chi connectivity index (χ1v) is 9.70. The second kappa shape index (κ2) is 8.69. The van der Waals surface area contributed by atoms with Crippen molar-refractivity contribution in [3.8, 4) is 11.5 Å². The molecule has 30 heavy (non-hydrogen) atoms. The van der Waals surface area contributed by atoms with E-state index < -0.39 is 0 Å². The molecule has 152 valence electrons. The molecule has 4 aromatic rings. The molecule has 1 amide bonds. The van der Waals surface area contributed by atoms with Crippen molar-refractivity contribution >= 4 is 27.6 Å². The third-order valence-corrected chi connectivity index (χ3v) is 4.94. The van der Waals surface area contributed by atoms with Gasteiger partial charge in [-0.25, -0.2) is 0 Å². The molecule has 0 atom stereocenters. The van der Waals surface area contributed by atoms with Crippen molar-refractivity contribution in [2.75, 3.05) is 20.3 Å². The van der Waals surface area contributed by atoms with Crippen LogP contribution >= 0.6 is 0 Å². The highest BCUT2D eigenvalue weighted by Gasteiger charge is 2.07. The lowest BCUT2D eigenvalue weighted by atomic mass is 10.1. The minimum atomic E-state index is -0.231. The number of amides is 1. The molecule has 1 aromatic heterocycles. The third-order valence-electron chi connectivity index (χ3n) is 4.94. The number of aromatic nitrogens is 1. The highest BCUT2D eigenvalue weighted by Crippen LogP contribution is 2.20. The van der Waals surface area contributed by atoms with Gasteiger partial charge < -0.3 is 19.8 Å². The number of carbonyl (C=O) groups is 1. The van der Waals surface area contributed by atoms with Crippen molar-refractivity contribution < 1.29 is 14.3 Å². The summed E-state index contributed by atoms with van der Waals surface area (Å²) in [6, 6.07) is 21.0. The minimum Gasteiger partial charge on any atom is -0.497 e. The van der Waals surface area contributed by atoms with Crippen LogP contribution in [-0.2, 0) is 11.2 Å². The number of fused-ring (bicyclic) bond motifs is 2. The number of aromatic amines is 1. The van der Waals surface area contributed by atoms with Gasteiger partial charge in [0.1, 0.15) is 11.5 Å². The lowest BCUT2D eigenvalue weighted by Gasteiger charge is -2.09. The van der Waals surface area contributed by atoms with Gasteiger partial charge in [-0.3, -0.25) is 9.59 Å². The second-order valence-electron chi connectivity index (χ2n) is 6.97. The lowest BCUT2D eigenvalue weighted by Crippen LogP contribution is -2.31. The van der Waals surface area contributed by atoms with Crippen LogP contribution in [0.2, 0.25) is 0 Å². The maximum absolute atomic E-state index is 12.3. The lowest BCUT2D eigenvalue weighted by molar-refractivity contribution is -0.123. The number of pyridine rings is 1. The third kappa shape index (κ3) is 4.43. The van der Waals surface area contributed by atoms with Crippen LogP contribution in [0.15, 0.2) is 71.5 Å². The molecule has 0 radical (unpaired) electrons. The van der Waals surface area contributed by atoms with Crippen LogP contribution in [0.5, 0.6) is 11.5 Å². The van der Waals surface area contributed by atoms with Crippen molar-refractivity contribution in [3.63, 3.8) is 0 Å². The Bertz CT molecular complexity index is 1260. The van der Waals surface area contributed by atoms with Gasteiger partial charge in [-0.05, 0) is 52.9 Å². The average molecular weight is 402 g/mol. The molecular formula is C24H22N2O4. The smallest absolute Gasteiger partial charge is 0.257 e. The first-order chi connectivity index (χ1) is 14.6. The molecule has 0 aliphatic rings. The Balaban J connectivity index is 1.31. The molecule has 0 saturated heterocycles. The van der Waals surface area contributed by atoms with Crippen molar-refractivity contribution in [3.05, 3.63) is 82.6 Å². The SMILES string of the molecule is COc1ccc2cc(CCNC(=O)COc3ccc4ccccc4c3)c(=O)[nH]c2c1. The Hall–Kier alpha value is -3.80. The molecule has 0 aliphatic carbocycles. The van der Waals surface area contributed by atoms with Crippen LogP contribution in [0, 0.1) is 0 Å². The molecular weight excluding hydrogens is 380 g/mol. The van der Waals surface area contributed by atoms with E-state index in [1.54, 1.807) is 13.2 Å². The summed E-state index contributed by atoms with van der Waals surface area (Å²) >= 11 is 0. The summed E-state index contributed by atoms with van der Waals surface area (Å²) in [6.07, 6.45) is 0.430. The molecule has 4 rings (SSSR count). The number of methoxy groups -OCH3 is 1. The number of hydrogen-bond donors (Lipinski definition) is 2. The fraction of sp³-hybridized carbons (Fsp3) is 0.167. The predicted octanol–water partition coefficient (Wildman–Crippen LogP) is 3.43. The van der Waals surface area contributed by atoms with Crippen LogP contribution < -0.4 is 20.3 Å². The van der Waals surface area contributed by atoms with E-state index in [1.807, 2.05) is 60.7 Å². The Morgan fingerprint density at radius 1 is 0.933 bits per heavy atom. The summed E-state index contributed by atoms with van der Waals surface area (Å²) < 4.78 is 10.8. The molecule has 0 unspecified atom stereocenters. The standard InChI is InChI=1S/C24H22N2O4/c1-29-20-8-7-18-12-19(24(28)26-22(18)14-20)10-11-25-23(27)15-30-21-9-6-16-4-2-3-5-17(16)13-21/h2-9,12-14H,10-11,15H2,1H3,(H,25,27)(H,26,28). The second-order valence-corrected chi connectivity index (χ2v) is 6.97. The zero-order valence-corrected chi connectivity index (χ0v) is 16.6. The minimum absolute atomic E-state index is 0.0772. The highest BCUT2D eigenvalue weighted by atomic mass is 16.5. The largest absolute Gasteiger partial charge is 0.497 e. The molecule has 0 aliphatic heterocycles. The van der Waals surface area contributed by atoms with Crippen molar-refractivity contribution in [2.45, 2.75) is 6.42 Å². The van der Waals surface area contributed by atoms with E-state index in [2.05, 4.69) is 10.3 Å². The number of carbonyl (C=O) groups excluding carboxylic acids is 1. The van der Waals surface area contributed by atoms with Gasteiger partial charge in [-0.2, -0.15) is 0 Å². The van der Waals surface area contributed by atoms with Crippen LogP contribution in [0.3, 0.4) is 0 Å². The summed E-state index contributed by atoms with van der Waals surface area (Å²) in [5.41, 5.74) is 1.16. The number of nitrogens with one attached hydrogen (secondary N) is 2. The van der Waals surface area contributed by atoms with Gasteiger partial charge in [0, 0.05) is 18.2 Å². The molecule has 2 N–H and O–H groups in total. The number of hydrogen-bond acceptors (Lipinski definition) is 4. The molecule has 0 fully saturated rings. The zero-order valence-electron chi connectivity index (χ0n) is 16.6. The molecule has 6 nitrogen and oxygen atoms in total. The molecule has 0 spiro atoms. The fourth-order valence-corrected chi connectivity index (χ4v) is 3.33. The van der Waals surface area contributed by atoms with Crippen LogP contribution in [0.4, 0.5) is 0 Å². The van der Waals surface area contributed by atoms with Crippen LogP contribution in [0.25, 0.3) is 21.7 Å². The fourth-order valence-electron chi connectivity index (χ4n) is 3.33. The van der Waals surface area contributed by atoms with E-state index >= 15 is 0 Å². The zero-order chi connectivity index (χ0) is 20.9. The van der Waals surface area contributed by atoms with E-state index in [1.165, 1.54) is 0 Å². The van der Waals surface area contributed by atoms with Gasteiger partial charge in [0.25, 0.3) is 11.5 Å². The summed E-state index contributed by atoms with van der Waals surface area (Å²) in [7, 11) is 1.58. The number of rotatable bonds is 7. The summed E-state index contributed by atoms with van der Waals surface area (Å²) in [6.45, 7) is 0.275. The Labute approximate surface area is 173 Å². The van der Waals surface area contributed by atoms with E-state index in [-0.39, 0.29) is 18.1 Å². The Morgan fingerprint density at radius 2 is 1.70 bits per heavy atom. The van der Waals surface area contributed by atoms with Crippen molar-refractivity contribution in [1.82, 2.24) is 10.3 Å². The first kappa shape index (κ1) is 19.5. The Kier molecular flexibility index (Phi) is 5.66. The quantitative estimate of drug-likeness (QED) is 0.496. The van der Waals surface area contributed by atoms with Crippen LogP contribution in [-0.4, -0.2) is 31.2 Å². The van der Waals surface area contributed by atoms with E-state index in [9.17, 15) is 9.59 Å². The van der Waals surface area contributed by atoms with Gasteiger partial charge >= 0.3 is 0 Å². The Morgan fingerprint density at radius 3 is 2.53 bits per heavy atom. The summed E-state index contributed by atoms with van der Waals surface area (Å²) in [4.78, 5) is 27.3. The topological polar surface area (TPSA) is 80.4 Å². The molecule has 0 bridgehead atoms. The molecule has 6 heteroatoms. The number of ether oxygens (including phenoxy) is 2. The number of H-pyrrole nitrogens is 1. The van der Waals surface area contributed by atoms with E-state index in [0.29, 0.717) is 30.0 Å². The maximum Gasteiger partial charge on any atom is 0.257 e. The van der Waals surface area contributed by atoms with Gasteiger partial charge in [0.2, 0.25) is 0 Å². The highest BCUT2D eigenvalue weighted by molar-refractivity contribution is 5.84. The van der Waals surface area contributed by atoms with Gasteiger partial charge in [-0.1, -0.05) is 30.3 Å². The van der Waals surface area contributed by atoms with Crippen molar-refractivity contribution in [2.24, 2.45) is 0 Å². The summed E-state index contributed by atoms with van der Waals surface area (Å²) in [5.74, 6) is 1.10. The number of benzene rings is 3. The van der Waals surface area contributed by atoms with E-state index in [4.69, 9.17) is 9.47 Å². The van der Waals surface area contributed by atoms with Gasteiger partial charge in [0.05, 0.1) is 12.6 Å². The normalized spacial score (nSPS) is 10.8. The van der Waals surface area contributed by atoms with E-state index in [0.717, 1.165) is 21.7 Å². The van der Waals surface area contributed by atoms with Gasteiger partial charge in [0.15, 0.2) is 6.61 Å².